The highest BCUT2D eigenvalue weighted by atomic mass is 32.1. The molecule has 1 aliphatic rings. The topological polar surface area (TPSA) is 111 Å². The second-order valence-electron chi connectivity index (χ2n) is 10.4. The van der Waals surface area contributed by atoms with Gasteiger partial charge in [0.1, 0.15) is 5.60 Å². The van der Waals surface area contributed by atoms with E-state index in [9.17, 15) is 14.9 Å². The predicted molar refractivity (Wildman–Crippen MR) is 148 cm³/mol. The number of urea groups is 1. The average Bonchev–Trinajstić information content (AvgIpc) is 3.26. The molecule has 38 heavy (non-hydrogen) atoms. The molecule has 9 nitrogen and oxygen atoms in total. The summed E-state index contributed by atoms with van der Waals surface area (Å²) in [4.78, 5) is 39.2. The van der Waals surface area contributed by atoms with Crippen molar-refractivity contribution in [2.45, 2.75) is 53.2 Å². The van der Waals surface area contributed by atoms with Crippen LogP contribution in [0.3, 0.4) is 0 Å². The Hall–Kier alpha value is -3.97. The van der Waals surface area contributed by atoms with Gasteiger partial charge in [0.2, 0.25) is 0 Å². The molecule has 4 rings (SSSR count). The maximum Gasteiger partial charge on any atom is 0.410 e. The van der Waals surface area contributed by atoms with E-state index in [1.54, 1.807) is 21.9 Å². The Morgan fingerprint density at radius 1 is 1.11 bits per heavy atom. The number of rotatable bonds is 3. The molecular formula is C28H32N6O3S. The summed E-state index contributed by atoms with van der Waals surface area (Å²) in [5.41, 5.74) is 4.15. The van der Waals surface area contributed by atoms with Crippen LogP contribution < -0.4 is 5.32 Å². The summed E-state index contributed by atoms with van der Waals surface area (Å²) < 4.78 is 5.51. The van der Waals surface area contributed by atoms with Gasteiger partial charge in [-0.3, -0.25) is 10.3 Å². The molecule has 3 aromatic rings. The van der Waals surface area contributed by atoms with Gasteiger partial charge in [-0.1, -0.05) is 23.5 Å². The molecule has 198 valence electrons. The van der Waals surface area contributed by atoms with E-state index in [0.717, 1.165) is 27.4 Å². The first-order valence-corrected chi connectivity index (χ1v) is 13.3. The van der Waals surface area contributed by atoms with E-state index in [-0.39, 0.29) is 18.2 Å². The molecule has 1 aromatic carbocycles. The summed E-state index contributed by atoms with van der Waals surface area (Å²) in [6.07, 6.45) is -0.373. The van der Waals surface area contributed by atoms with Crippen molar-refractivity contribution in [1.29, 1.82) is 5.26 Å². The van der Waals surface area contributed by atoms with E-state index in [1.807, 2.05) is 65.8 Å². The van der Waals surface area contributed by atoms with Crippen LogP contribution in [-0.2, 0) is 4.74 Å². The number of hydrogen-bond donors (Lipinski definition) is 1. The maximum absolute atomic E-state index is 13.2. The number of amides is 3. The molecule has 1 saturated heterocycles. The van der Waals surface area contributed by atoms with E-state index in [2.05, 4.69) is 16.4 Å². The van der Waals surface area contributed by atoms with Gasteiger partial charge in [0.15, 0.2) is 5.13 Å². The zero-order chi connectivity index (χ0) is 27.6. The number of pyridine rings is 1. The summed E-state index contributed by atoms with van der Waals surface area (Å²) in [6.45, 7) is 12.4. The summed E-state index contributed by atoms with van der Waals surface area (Å²) in [5.74, 6) is 0. The lowest BCUT2D eigenvalue weighted by molar-refractivity contribution is 0.00589. The van der Waals surface area contributed by atoms with Crippen LogP contribution in [0.5, 0.6) is 0 Å². The molecule has 1 aliphatic heterocycles. The standard InChI is InChI=1S/C28H32N6O3S/c1-17-12-22(13-18(2)30-17)24-23(21-9-7-8-20(14-21)15-29)31-25(38-24)32-26(35)33-10-11-34(19(3)16-33)27(36)37-28(4,5)6/h7-9,12-14,19H,10-11,16H2,1-6H3,(H,31,32,35)/t19-/m1/s1. The molecule has 3 heterocycles. The molecule has 10 heteroatoms. The van der Waals surface area contributed by atoms with Crippen LogP contribution in [0.25, 0.3) is 21.7 Å². The van der Waals surface area contributed by atoms with Gasteiger partial charge in [-0.25, -0.2) is 14.6 Å². The first-order valence-electron chi connectivity index (χ1n) is 12.5. The Morgan fingerprint density at radius 2 is 1.82 bits per heavy atom. The number of thiazole rings is 1. The number of nitrogens with one attached hydrogen (secondary N) is 1. The Kier molecular flexibility index (Phi) is 7.69. The minimum absolute atomic E-state index is 0.191. The molecule has 0 saturated carbocycles. The molecule has 1 atom stereocenters. The molecule has 2 aromatic heterocycles. The third-order valence-electron chi connectivity index (χ3n) is 5.99. The van der Waals surface area contributed by atoms with E-state index in [1.165, 1.54) is 11.3 Å². The van der Waals surface area contributed by atoms with E-state index in [4.69, 9.17) is 9.72 Å². The van der Waals surface area contributed by atoms with Crippen LogP contribution in [0.1, 0.15) is 44.6 Å². The first kappa shape index (κ1) is 27.1. The van der Waals surface area contributed by atoms with E-state index >= 15 is 0 Å². The lowest BCUT2D eigenvalue weighted by Crippen LogP contribution is -2.57. The van der Waals surface area contributed by atoms with E-state index in [0.29, 0.717) is 36.0 Å². The predicted octanol–water partition coefficient (Wildman–Crippen LogP) is 5.83. The number of carbonyl (C=O) groups excluding carboxylic acids is 2. The van der Waals surface area contributed by atoms with Gasteiger partial charge in [0, 0.05) is 42.6 Å². The number of anilines is 1. The van der Waals surface area contributed by atoms with Crippen LogP contribution in [0.2, 0.25) is 0 Å². The number of aryl methyl sites for hydroxylation is 2. The second kappa shape index (κ2) is 10.8. The first-order chi connectivity index (χ1) is 17.9. The van der Waals surface area contributed by atoms with Crippen molar-refractivity contribution in [3.05, 3.63) is 53.3 Å². The molecule has 0 radical (unpaired) electrons. The van der Waals surface area contributed by atoms with Gasteiger partial charge < -0.3 is 14.5 Å². The van der Waals surface area contributed by atoms with Crippen molar-refractivity contribution in [1.82, 2.24) is 19.8 Å². The largest absolute Gasteiger partial charge is 0.444 e. The fourth-order valence-corrected chi connectivity index (χ4v) is 5.34. The molecule has 1 fully saturated rings. The minimum Gasteiger partial charge on any atom is -0.444 e. The molecule has 0 spiro atoms. The summed E-state index contributed by atoms with van der Waals surface area (Å²) >= 11 is 1.38. The number of carbonyl (C=O) groups is 2. The maximum atomic E-state index is 13.2. The molecule has 0 aliphatic carbocycles. The van der Waals surface area contributed by atoms with Gasteiger partial charge in [-0.15, -0.1) is 0 Å². The van der Waals surface area contributed by atoms with Gasteiger partial charge in [0.25, 0.3) is 0 Å². The average molecular weight is 533 g/mol. The molecule has 0 bridgehead atoms. The molecule has 3 amide bonds. The monoisotopic (exact) mass is 532 g/mol. The Labute approximate surface area is 227 Å². The number of hydrogen-bond acceptors (Lipinski definition) is 7. The zero-order valence-corrected chi connectivity index (χ0v) is 23.3. The van der Waals surface area contributed by atoms with Crippen molar-refractivity contribution in [3.8, 4) is 27.8 Å². The van der Waals surface area contributed by atoms with Crippen molar-refractivity contribution >= 4 is 28.6 Å². The van der Waals surface area contributed by atoms with Crippen LogP contribution >= 0.6 is 11.3 Å². The number of nitriles is 1. The number of piperazine rings is 1. The van der Waals surface area contributed by atoms with Gasteiger partial charge in [0.05, 0.1) is 22.2 Å². The normalized spacial score (nSPS) is 15.7. The van der Waals surface area contributed by atoms with Gasteiger partial charge in [-0.2, -0.15) is 5.26 Å². The summed E-state index contributed by atoms with van der Waals surface area (Å²) in [5, 5.41) is 12.8. The molecule has 0 unspecified atom stereocenters. The number of benzene rings is 1. The van der Waals surface area contributed by atoms with Gasteiger partial charge in [-0.05, 0) is 71.4 Å². The smallest absolute Gasteiger partial charge is 0.410 e. The highest BCUT2D eigenvalue weighted by Gasteiger charge is 2.33. The lowest BCUT2D eigenvalue weighted by atomic mass is 10.0. The fraction of sp³-hybridized carbons (Fsp3) is 0.393. The van der Waals surface area contributed by atoms with Crippen LogP contribution in [0.4, 0.5) is 14.7 Å². The number of nitrogens with zero attached hydrogens (tertiary/aromatic N) is 5. The molecular weight excluding hydrogens is 500 g/mol. The Balaban J connectivity index is 1.57. The van der Waals surface area contributed by atoms with Crippen LogP contribution in [0, 0.1) is 25.2 Å². The Bertz CT molecular complexity index is 1380. The van der Waals surface area contributed by atoms with Crippen molar-refractivity contribution < 1.29 is 14.3 Å². The van der Waals surface area contributed by atoms with Crippen molar-refractivity contribution in [2.75, 3.05) is 25.0 Å². The van der Waals surface area contributed by atoms with Crippen molar-refractivity contribution in [2.24, 2.45) is 0 Å². The summed E-state index contributed by atoms with van der Waals surface area (Å²) in [7, 11) is 0. The van der Waals surface area contributed by atoms with E-state index < -0.39 is 5.60 Å². The Morgan fingerprint density at radius 3 is 2.45 bits per heavy atom. The molecule has 1 N–H and O–H groups in total. The van der Waals surface area contributed by atoms with Crippen molar-refractivity contribution in [3.63, 3.8) is 0 Å². The number of ether oxygens (including phenoxy) is 1. The summed E-state index contributed by atoms with van der Waals surface area (Å²) in [6, 6.07) is 13.0. The quantitative estimate of drug-likeness (QED) is 0.454. The zero-order valence-electron chi connectivity index (χ0n) is 22.5. The highest BCUT2D eigenvalue weighted by molar-refractivity contribution is 7.19. The fourth-order valence-electron chi connectivity index (χ4n) is 4.37. The minimum atomic E-state index is -0.579. The highest BCUT2D eigenvalue weighted by Crippen LogP contribution is 2.39. The van der Waals surface area contributed by atoms with Gasteiger partial charge >= 0.3 is 12.1 Å². The number of aromatic nitrogens is 2. The third-order valence-corrected chi connectivity index (χ3v) is 7.01. The third kappa shape index (κ3) is 6.29. The van der Waals surface area contributed by atoms with Crippen LogP contribution in [-0.4, -0.2) is 63.2 Å². The lowest BCUT2D eigenvalue weighted by Gasteiger charge is -2.40. The second-order valence-corrected chi connectivity index (χ2v) is 11.4. The van der Waals surface area contributed by atoms with Crippen LogP contribution in [0.15, 0.2) is 36.4 Å². The SMILES string of the molecule is Cc1cc(-c2sc(NC(=O)N3CCN(C(=O)OC(C)(C)C)[C@H](C)C3)nc2-c2cccc(C#N)c2)cc(C)n1.